The van der Waals surface area contributed by atoms with Gasteiger partial charge in [-0.3, -0.25) is 9.59 Å². The molecule has 0 aliphatic carbocycles. The molecule has 22 heavy (non-hydrogen) atoms. The van der Waals surface area contributed by atoms with E-state index < -0.39 is 23.5 Å². The van der Waals surface area contributed by atoms with Gasteiger partial charge in [0.2, 0.25) is 0 Å². The fraction of sp³-hybridized carbons (Fsp3) is 0.667. The van der Waals surface area contributed by atoms with E-state index in [1.54, 1.807) is 13.8 Å². The van der Waals surface area contributed by atoms with Gasteiger partial charge in [0.25, 0.3) is 0 Å². The minimum absolute atomic E-state index is 0.0512. The molecular weight excluding hydrogens is 292 g/mol. The molecule has 0 rings (SSSR count). The average molecular weight is 316 g/mol. The van der Waals surface area contributed by atoms with Crippen LogP contribution in [-0.4, -0.2) is 50.4 Å². The van der Waals surface area contributed by atoms with Crippen molar-refractivity contribution >= 4 is 17.9 Å². The molecular formula is C15H24O7. The number of hydrogen-bond acceptors (Lipinski definition) is 7. The summed E-state index contributed by atoms with van der Waals surface area (Å²) in [5.41, 5.74) is -0.471. The van der Waals surface area contributed by atoms with Gasteiger partial charge in [0.05, 0.1) is 19.4 Å². The number of methoxy groups -OCH3 is 1. The lowest BCUT2D eigenvalue weighted by Gasteiger charge is -2.23. The Bertz CT molecular complexity index is 412. The van der Waals surface area contributed by atoms with Gasteiger partial charge < -0.3 is 18.9 Å². The molecule has 0 aromatic heterocycles. The van der Waals surface area contributed by atoms with Gasteiger partial charge in [0, 0.05) is 12.7 Å². The van der Waals surface area contributed by atoms with Crippen molar-refractivity contribution in [3.63, 3.8) is 0 Å². The molecule has 0 aliphatic heterocycles. The summed E-state index contributed by atoms with van der Waals surface area (Å²) < 4.78 is 19.7. The third kappa shape index (κ3) is 9.93. The van der Waals surface area contributed by atoms with Gasteiger partial charge in [-0.25, -0.2) is 4.79 Å². The molecule has 0 fully saturated rings. The Morgan fingerprint density at radius 3 is 2.09 bits per heavy atom. The van der Waals surface area contributed by atoms with Crippen molar-refractivity contribution in [1.29, 1.82) is 0 Å². The van der Waals surface area contributed by atoms with Crippen LogP contribution in [0.1, 0.15) is 33.6 Å². The zero-order chi connectivity index (χ0) is 17.2. The van der Waals surface area contributed by atoms with Crippen LogP contribution in [0.4, 0.5) is 0 Å². The van der Waals surface area contributed by atoms with Crippen LogP contribution in [0.25, 0.3) is 0 Å². The smallest absolute Gasteiger partial charge is 0.333 e. The Labute approximate surface area is 130 Å². The molecule has 7 heteroatoms. The van der Waals surface area contributed by atoms with Gasteiger partial charge in [0.15, 0.2) is 0 Å². The van der Waals surface area contributed by atoms with Gasteiger partial charge in [-0.1, -0.05) is 6.58 Å². The first-order valence-corrected chi connectivity index (χ1v) is 6.87. The van der Waals surface area contributed by atoms with Crippen molar-refractivity contribution < 1.29 is 33.3 Å². The van der Waals surface area contributed by atoms with Crippen molar-refractivity contribution in [2.75, 3.05) is 26.9 Å². The maximum atomic E-state index is 11.5. The van der Waals surface area contributed by atoms with E-state index >= 15 is 0 Å². The normalized spacial score (nSPS) is 10.7. The van der Waals surface area contributed by atoms with E-state index in [9.17, 15) is 14.4 Å². The molecule has 0 unspecified atom stereocenters. The average Bonchev–Trinajstić information content (AvgIpc) is 2.37. The number of rotatable bonds is 10. The Morgan fingerprint density at radius 2 is 1.55 bits per heavy atom. The van der Waals surface area contributed by atoms with Crippen LogP contribution < -0.4 is 0 Å². The molecule has 0 bridgehead atoms. The second-order valence-electron chi connectivity index (χ2n) is 5.30. The lowest BCUT2D eigenvalue weighted by atomic mass is 10.1. The molecule has 0 saturated carbocycles. The van der Waals surface area contributed by atoms with Gasteiger partial charge in [0.1, 0.15) is 18.8 Å². The van der Waals surface area contributed by atoms with Crippen molar-refractivity contribution in [3.05, 3.63) is 12.2 Å². The molecule has 0 aliphatic rings. The monoisotopic (exact) mass is 316 g/mol. The Balaban J connectivity index is 3.82. The molecule has 0 heterocycles. The minimum atomic E-state index is -0.730. The first kappa shape index (κ1) is 20.1. The van der Waals surface area contributed by atoms with Gasteiger partial charge in [-0.05, 0) is 20.8 Å². The van der Waals surface area contributed by atoms with Crippen molar-refractivity contribution in [3.8, 4) is 0 Å². The fourth-order valence-electron chi connectivity index (χ4n) is 1.41. The molecule has 0 saturated heterocycles. The summed E-state index contributed by atoms with van der Waals surface area (Å²) in [5.74, 6) is -1.60. The molecule has 0 aromatic rings. The van der Waals surface area contributed by atoms with E-state index in [4.69, 9.17) is 18.9 Å². The standard InChI is InChI=1S/C15H24O7/c1-11(2)14(18)21-9-6-12(16)20-8-7-13(17)22-15(3,4)10-19-5/h1,6-10H2,2-5H3. The van der Waals surface area contributed by atoms with E-state index in [2.05, 4.69) is 6.58 Å². The van der Waals surface area contributed by atoms with Crippen LogP contribution in [0.3, 0.4) is 0 Å². The van der Waals surface area contributed by atoms with E-state index in [0.717, 1.165) is 0 Å². The summed E-state index contributed by atoms with van der Waals surface area (Å²) in [7, 11) is 1.51. The first-order valence-electron chi connectivity index (χ1n) is 6.87. The topological polar surface area (TPSA) is 88.1 Å². The zero-order valence-corrected chi connectivity index (χ0v) is 13.6. The highest BCUT2D eigenvalue weighted by Crippen LogP contribution is 2.10. The molecule has 0 N–H and O–H groups in total. The first-order chi connectivity index (χ1) is 10.2. The van der Waals surface area contributed by atoms with E-state index in [-0.39, 0.29) is 38.2 Å². The number of carbonyl (C=O) groups excluding carboxylic acids is 3. The maximum Gasteiger partial charge on any atom is 0.333 e. The highest BCUT2D eigenvalue weighted by molar-refractivity contribution is 5.87. The van der Waals surface area contributed by atoms with E-state index in [1.165, 1.54) is 14.0 Å². The molecule has 0 atom stereocenters. The number of esters is 3. The third-order valence-corrected chi connectivity index (χ3v) is 2.34. The third-order valence-electron chi connectivity index (χ3n) is 2.34. The summed E-state index contributed by atoms with van der Waals surface area (Å²) in [6.07, 6.45) is -0.131. The number of ether oxygens (including phenoxy) is 4. The lowest BCUT2D eigenvalue weighted by molar-refractivity contribution is -0.163. The largest absolute Gasteiger partial charge is 0.465 e. The van der Waals surface area contributed by atoms with Gasteiger partial charge in [-0.2, -0.15) is 0 Å². The van der Waals surface area contributed by atoms with Crippen LogP contribution in [0.5, 0.6) is 0 Å². The molecule has 0 amide bonds. The highest BCUT2D eigenvalue weighted by Gasteiger charge is 2.22. The SMILES string of the molecule is C=C(C)C(=O)OCCC(=O)OCCC(=O)OC(C)(C)COC. The predicted octanol–water partition coefficient (Wildman–Crippen LogP) is 1.40. The number of carbonyl (C=O) groups is 3. The molecule has 7 nitrogen and oxygen atoms in total. The highest BCUT2D eigenvalue weighted by atomic mass is 16.6. The van der Waals surface area contributed by atoms with Crippen molar-refractivity contribution in [2.24, 2.45) is 0 Å². The predicted molar refractivity (Wildman–Crippen MR) is 78.0 cm³/mol. The quantitative estimate of drug-likeness (QED) is 0.342. The summed E-state index contributed by atoms with van der Waals surface area (Å²) >= 11 is 0. The van der Waals surface area contributed by atoms with Gasteiger partial charge in [-0.15, -0.1) is 0 Å². The molecule has 0 spiro atoms. The lowest BCUT2D eigenvalue weighted by Crippen LogP contribution is -2.33. The maximum absolute atomic E-state index is 11.5. The number of hydrogen-bond donors (Lipinski definition) is 0. The summed E-state index contributed by atoms with van der Waals surface area (Å²) in [5, 5.41) is 0. The van der Waals surface area contributed by atoms with Gasteiger partial charge >= 0.3 is 17.9 Å². The second-order valence-corrected chi connectivity index (χ2v) is 5.30. The summed E-state index contributed by atoms with van der Waals surface area (Å²) in [6.45, 7) is 8.46. The van der Waals surface area contributed by atoms with Crippen LogP contribution in [0, 0.1) is 0 Å². The Morgan fingerprint density at radius 1 is 1.00 bits per heavy atom. The van der Waals surface area contributed by atoms with Crippen LogP contribution in [0.15, 0.2) is 12.2 Å². The fourth-order valence-corrected chi connectivity index (χ4v) is 1.41. The minimum Gasteiger partial charge on any atom is -0.465 e. The van der Waals surface area contributed by atoms with Crippen molar-refractivity contribution in [2.45, 2.75) is 39.2 Å². The Hall–Kier alpha value is -1.89. The molecule has 126 valence electrons. The van der Waals surface area contributed by atoms with E-state index in [0.29, 0.717) is 0 Å². The second kappa shape index (κ2) is 9.94. The van der Waals surface area contributed by atoms with Crippen LogP contribution in [0.2, 0.25) is 0 Å². The van der Waals surface area contributed by atoms with E-state index in [1.807, 2.05) is 0 Å². The zero-order valence-electron chi connectivity index (χ0n) is 13.6. The molecule has 0 aromatic carbocycles. The Kier molecular flexibility index (Phi) is 9.09. The van der Waals surface area contributed by atoms with Crippen molar-refractivity contribution in [1.82, 2.24) is 0 Å². The summed E-state index contributed by atoms with van der Waals surface area (Å²) in [6, 6.07) is 0. The van der Waals surface area contributed by atoms with Crippen LogP contribution >= 0.6 is 0 Å². The summed E-state index contributed by atoms with van der Waals surface area (Å²) in [4.78, 5) is 34.0. The van der Waals surface area contributed by atoms with Crippen LogP contribution in [-0.2, 0) is 33.3 Å². The molecule has 0 radical (unpaired) electrons.